The standard InChI is InChI=1S/C26H25FN2O/c1-3-30-25(24-17-19(18-28)16-20-6-4-5-7-23(20)24)26(12-14-29(2)15-13-26)21-8-10-22(27)11-9-21/h3-11,16-17,25H,1,12-15H2,2H3. The van der Waals surface area contributed by atoms with Crippen molar-refractivity contribution in [1.82, 2.24) is 4.90 Å². The molecule has 1 aliphatic rings. The molecule has 0 aliphatic carbocycles. The van der Waals surface area contributed by atoms with Crippen molar-refractivity contribution in [3.63, 3.8) is 0 Å². The normalized spacial score (nSPS) is 17.2. The molecule has 152 valence electrons. The maximum Gasteiger partial charge on any atom is 0.133 e. The van der Waals surface area contributed by atoms with E-state index in [-0.39, 0.29) is 17.3 Å². The summed E-state index contributed by atoms with van der Waals surface area (Å²) in [6.45, 7) is 5.65. The SMILES string of the molecule is C=COC(c1cc(C#N)cc2ccccc12)C1(c2ccc(F)cc2)CCN(C)CC1. The highest BCUT2D eigenvalue weighted by Crippen LogP contribution is 2.49. The van der Waals surface area contributed by atoms with Crippen molar-refractivity contribution in [3.8, 4) is 6.07 Å². The number of likely N-dealkylation sites (tertiary alicyclic amines) is 1. The Bertz CT molecular complexity index is 1090. The van der Waals surface area contributed by atoms with E-state index < -0.39 is 0 Å². The highest BCUT2D eigenvalue weighted by atomic mass is 19.1. The van der Waals surface area contributed by atoms with Gasteiger partial charge in [-0.15, -0.1) is 0 Å². The summed E-state index contributed by atoms with van der Waals surface area (Å²) in [6.07, 6.45) is 2.87. The minimum atomic E-state index is -0.356. The molecular weight excluding hydrogens is 375 g/mol. The van der Waals surface area contributed by atoms with Crippen molar-refractivity contribution in [1.29, 1.82) is 5.26 Å². The third-order valence-electron chi connectivity index (χ3n) is 6.34. The van der Waals surface area contributed by atoms with Crippen LogP contribution in [-0.2, 0) is 10.2 Å². The van der Waals surface area contributed by atoms with Crippen molar-refractivity contribution in [2.45, 2.75) is 24.4 Å². The minimum absolute atomic E-state index is 0.250. The van der Waals surface area contributed by atoms with E-state index >= 15 is 0 Å². The monoisotopic (exact) mass is 400 g/mol. The molecule has 0 aromatic heterocycles. The number of hydrogen-bond donors (Lipinski definition) is 0. The fourth-order valence-corrected chi connectivity index (χ4v) is 4.72. The van der Waals surface area contributed by atoms with Crippen LogP contribution in [0.25, 0.3) is 10.8 Å². The van der Waals surface area contributed by atoms with Gasteiger partial charge in [0.15, 0.2) is 0 Å². The number of hydrogen-bond acceptors (Lipinski definition) is 3. The number of rotatable bonds is 5. The van der Waals surface area contributed by atoms with Crippen molar-refractivity contribution in [2.24, 2.45) is 0 Å². The topological polar surface area (TPSA) is 36.3 Å². The van der Waals surface area contributed by atoms with Gasteiger partial charge in [0.2, 0.25) is 0 Å². The molecule has 0 radical (unpaired) electrons. The molecule has 0 saturated carbocycles. The largest absolute Gasteiger partial charge is 0.493 e. The lowest BCUT2D eigenvalue weighted by Crippen LogP contribution is -2.45. The maximum absolute atomic E-state index is 13.7. The van der Waals surface area contributed by atoms with E-state index in [1.807, 2.05) is 42.5 Å². The number of halogens is 1. The van der Waals surface area contributed by atoms with E-state index in [4.69, 9.17) is 4.74 Å². The summed E-state index contributed by atoms with van der Waals surface area (Å²) < 4.78 is 20.0. The van der Waals surface area contributed by atoms with Gasteiger partial charge >= 0.3 is 0 Å². The van der Waals surface area contributed by atoms with Gasteiger partial charge < -0.3 is 9.64 Å². The van der Waals surface area contributed by atoms with Crippen LogP contribution in [0.2, 0.25) is 0 Å². The number of nitrogens with zero attached hydrogens (tertiary/aromatic N) is 2. The zero-order valence-electron chi connectivity index (χ0n) is 17.1. The van der Waals surface area contributed by atoms with Crippen LogP contribution in [0.3, 0.4) is 0 Å². The lowest BCUT2D eigenvalue weighted by Gasteiger charge is -2.46. The number of fused-ring (bicyclic) bond motifs is 1. The van der Waals surface area contributed by atoms with Gasteiger partial charge in [-0.25, -0.2) is 4.39 Å². The average molecular weight is 400 g/mol. The number of benzene rings is 3. The van der Waals surface area contributed by atoms with Gasteiger partial charge in [0.1, 0.15) is 11.9 Å². The predicted molar refractivity (Wildman–Crippen MR) is 117 cm³/mol. The second-order valence-corrected chi connectivity index (χ2v) is 8.05. The molecule has 0 N–H and O–H groups in total. The van der Waals surface area contributed by atoms with Gasteiger partial charge in [0, 0.05) is 11.0 Å². The molecule has 3 aromatic carbocycles. The van der Waals surface area contributed by atoms with Gasteiger partial charge in [-0.1, -0.05) is 43.0 Å². The minimum Gasteiger partial charge on any atom is -0.493 e. The molecule has 0 spiro atoms. The highest BCUT2D eigenvalue weighted by molar-refractivity contribution is 5.87. The number of piperidine rings is 1. The highest BCUT2D eigenvalue weighted by Gasteiger charge is 2.45. The summed E-state index contributed by atoms with van der Waals surface area (Å²) in [4.78, 5) is 2.30. The molecule has 3 aromatic rings. The van der Waals surface area contributed by atoms with Crippen molar-refractivity contribution < 1.29 is 9.13 Å². The van der Waals surface area contributed by atoms with E-state index in [0.29, 0.717) is 5.56 Å². The zero-order chi connectivity index (χ0) is 21.1. The van der Waals surface area contributed by atoms with E-state index in [0.717, 1.165) is 47.8 Å². The lowest BCUT2D eigenvalue weighted by molar-refractivity contribution is 0.0235. The summed E-state index contributed by atoms with van der Waals surface area (Å²) in [5.41, 5.74) is 2.27. The maximum atomic E-state index is 13.7. The van der Waals surface area contributed by atoms with Crippen LogP contribution in [0.4, 0.5) is 4.39 Å². The number of ether oxygens (including phenoxy) is 1. The van der Waals surface area contributed by atoms with Gasteiger partial charge in [-0.3, -0.25) is 0 Å². The van der Waals surface area contributed by atoms with Crippen LogP contribution in [0.5, 0.6) is 0 Å². The van der Waals surface area contributed by atoms with Crippen molar-refractivity contribution >= 4 is 10.8 Å². The summed E-state index contributed by atoms with van der Waals surface area (Å²) in [5, 5.41) is 11.7. The van der Waals surface area contributed by atoms with Gasteiger partial charge in [-0.05, 0) is 73.6 Å². The van der Waals surface area contributed by atoms with Crippen LogP contribution in [-0.4, -0.2) is 25.0 Å². The molecule has 0 bridgehead atoms. The van der Waals surface area contributed by atoms with Crippen LogP contribution in [0.15, 0.2) is 73.5 Å². The Labute approximate surface area is 177 Å². The number of nitriles is 1. The van der Waals surface area contributed by atoms with Gasteiger partial charge in [-0.2, -0.15) is 5.26 Å². The molecule has 1 aliphatic heterocycles. The van der Waals surface area contributed by atoms with E-state index in [2.05, 4.69) is 30.7 Å². The van der Waals surface area contributed by atoms with Crippen molar-refractivity contribution in [3.05, 3.63) is 96.0 Å². The first-order valence-electron chi connectivity index (χ1n) is 10.2. The third kappa shape index (κ3) is 3.58. The molecule has 3 nitrogen and oxygen atoms in total. The fraction of sp³-hybridized carbons (Fsp3) is 0.269. The summed E-state index contributed by atoms with van der Waals surface area (Å²) in [7, 11) is 2.11. The van der Waals surface area contributed by atoms with Crippen LogP contribution >= 0.6 is 0 Å². The Balaban J connectivity index is 1.96. The van der Waals surface area contributed by atoms with Crippen LogP contribution in [0, 0.1) is 17.1 Å². The molecule has 30 heavy (non-hydrogen) atoms. The van der Waals surface area contributed by atoms with E-state index in [1.54, 1.807) is 0 Å². The Kier molecular flexibility index (Phi) is 5.57. The second-order valence-electron chi connectivity index (χ2n) is 8.05. The first kappa shape index (κ1) is 20.1. The fourth-order valence-electron chi connectivity index (χ4n) is 4.72. The molecule has 1 fully saturated rings. The quantitative estimate of drug-likeness (QED) is 0.514. The summed E-state index contributed by atoms with van der Waals surface area (Å²) in [5.74, 6) is -0.250. The molecule has 4 rings (SSSR count). The summed E-state index contributed by atoms with van der Waals surface area (Å²) in [6, 6.07) is 21.0. The van der Waals surface area contributed by atoms with Gasteiger partial charge in [0.25, 0.3) is 0 Å². The van der Waals surface area contributed by atoms with E-state index in [9.17, 15) is 9.65 Å². The van der Waals surface area contributed by atoms with Gasteiger partial charge in [0.05, 0.1) is 17.9 Å². The first-order chi connectivity index (χ1) is 14.6. The lowest BCUT2D eigenvalue weighted by atomic mass is 9.66. The molecule has 1 atom stereocenters. The van der Waals surface area contributed by atoms with Crippen molar-refractivity contribution in [2.75, 3.05) is 20.1 Å². The molecule has 1 unspecified atom stereocenters. The van der Waals surface area contributed by atoms with E-state index in [1.165, 1.54) is 18.4 Å². The molecule has 4 heteroatoms. The first-order valence-corrected chi connectivity index (χ1v) is 10.2. The average Bonchev–Trinajstić information content (AvgIpc) is 2.78. The Hall–Kier alpha value is -3.16. The predicted octanol–water partition coefficient (Wildman–Crippen LogP) is 5.72. The smallest absolute Gasteiger partial charge is 0.133 e. The molecule has 1 saturated heterocycles. The van der Waals surface area contributed by atoms with Crippen LogP contribution < -0.4 is 0 Å². The Morgan fingerprint density at radius 2 is 1.83 bits per heavy atom. The molecular formula is C26H25FN2O. The zero-order valence-corrected chi connectivity index (χ0v) is 17.1. The third-order valence-corrected chi connectivity index (χ3v) is 6.34. The second kappa shape index (κ2) is 8.30. The van der Waals surface area contributed by atoms with Crippen LogP contribution in [0.1, 0.15) is 35.6 Å². The Morgan fingerprint density at radius 1 is 1.13 bits per heavy atom. The molecule has 0 amide bonds. The molecule has 1 heterocycles. The summed E-state index contributed by atoms with van der Waals surface area (Å²) >= 11 is 0. The Morgan fingerprint density at radius 3 is 2.50 bits per heavy atom.